The maximum Gasteiger partial charge on any atom is 0.260 e. The molecule has 1 unspecified atom stereocenters. The van der Waals surface area contributed by atoms with E-state index in [1.165, 1.54) is 0 Å². The van der Waals surface area contributed by atoms with Gasteiger partial charge in [-0.25, -0.2) is 4.68 Å². The molecule has 197 valence electrons. The van der Waals surface area contributed by atoms with Crippen LogP contribution < -0.4 is 15.4 Å². The number of hydrogen-bond donors (Lipinski definition) is 2. The molecule has 2 amide bonds. The van der Waals surface area contributed by atoms with Crippen LogP contribution in [0.5, 0.6) is 5.75 Å². The van der Waals surface area contributed by atoms with E-state index in [1.54, 1.807) is 47.1 Å². The van der Waals surface area contributed by atoms with Crippen molar-refractivity contribution in [2.75, 3.05) is 32.1 Å². The van der Waals surface area contributed by atoms with Crippen molar-refractivity contribution < 1.29 is 19.1 Å². The Bertz CT molecular complexity index is 1290. The van der Waals surface area contributed by atoms with Crippen molar-refractivity contribution in [1.29, 1.82) is 0 Å². The Balaban J connectivity index is 1.32. The average molecular weight is 514 g/mol. The molecule has 2 heterocycles. The van der Waals surface area contributed by atoms with Crippen LogP contribution in [-0.4, -0.2) is 72.3 Å². The summed E-state index contributed by atoms with van der Waals surface area (Å²) < 4.78 is 7.43. The van der Waals surface area contributed by atoms with Crippen LogP contribution in [0.25, 0.3) is 5.70 Å². The Labute approximate surface area is 223 Å². The van der Waals surface area contributed by atoms with Crippen molar-refractivity contribution in [3.63, 3.8) is 0 Å². The molecule has 0 bridgehead atoms. The van der Waals surface area contributed by atoms with E-state index in [4.69, 9.17) is 4.74 Å². The topological polar surface area (TPSA) is 106 Å². The number of allylic oxidation sites excluding steroid dienone is 3. The molecule has 1 aromatic carbocycles. The molecular weight excluding hydrogens is 481 g/mol. The highest BCUT2D eigenvalue weighted by Gasteiger charge is 2.29. The lowest BCUT2D eigenvalue weighted by Gasteiger charge is -2.26. The predicted molar refractivity (Wildman–Crippen MR) is 146 cm³/mol. The van der Waals surface area contributed by atoms with Gasteiger partial charge >= 0.3 is 0 Å². The highest BCUT2D eigenvalue weighted by atomic mass is 16.5. The SMILES string of the molecule is CNc1c(C(=O)c2cccc(OCC(=O)N3CC[B]CC3)c2)cnn1C1=CC(C(=O)NC2CC2)CC=C1C. The van der Waals surface area contributed by atoms with Crippen LogP contribution >= 0.6 is 0 Å². The van der Waals surface area contributed by atoms with Gasteiger partial charge in [-0.05, 0) is 50.0 Å². The quantitative estimate of drug-likeness (QED) is 0.394. The number of carbonyl (C=O) groups is 3. The number of benzene rings is 1. The standard InChI is InChI=1S/C28H33BN5O4/c1-18-6-7-20(28(37)32-21-8-9-21)15-24(18)34-27(30-2)23(16-31-34)26(36)19-4-3-5-22(14-19)38-17-25(35)33-12-10-29-11-13-33/h3-6,14-16,20-21,30H,7-13,17H2,1-2H3,(H,32,37). The average Bonchev–Trinajstić information content (AvgIpc) is 3.66. The monoisotopic (exact) mass is 514 g/mol. The van der Waals surface area contributed by atoms with Gasteiger partial charge < -0.3 is 20.3 Å². The van der Waals surface area contributed by atoms with Crippen molar-refractivity contribution in [1.82, 2.24) is 20.0 Å². The number of nitrogens with one attached hydrogen (secondary N) is 2. The Hall–Kier alpha value is -3.82. The van der Waals surface area contributed by atoms with Gasteiger partial charge in [0.25, 0.3) is 5.91 Å². The number of hydrogen-bond acceptors (Lipinski definition) is 6. The number of ether oxygens (including phenoxy) is 1. The van der Waals surface area contributed by atoms with Crippen molar-refractivity contribution in [3.8, 4) is 5.75 Å². The van der Waals surface area contributed by atoms with Crippen molar-refractivity contribution in [2.24, 2.45) is 5.92 Å². The van der Waals surface area contributed by atoms with Crippen LogP contribution in [0.2, 0.25) is 12.6 Å². The Morgan fingerprint density at radius 1 is 1.18 bits per heavy atom. The number of rotatable bonds is 9. The molecule has 1 saturated carbocycles. The second-order valence-corrected chi connectivity index (χ2v) is 10.0. The number of amides is 2. The molecule has 1 atom stereocenters. The van der Waals surface area contributed by atoms with Crippen LogP contribution in [0, 0.1) is 5.92 Å². The summed E-state index contributed by atoms with van der Waals surface area (Å²) in [7, 11) is 3.93. The van der Waals surface area contributed by atoms with Gasteiger partial charge in [-0.1, -0.05) is 30.8 Å². The summed E-state index contributed by atoms with van der Waals surface area (Å²) in [5.74, 6) is 0.482. The van der Waals surface area contributed by atoms with E-state index >= 15 is 0 Å². The molecule has 2 N–H and O–H groups in total. The third kappa shape index (κ3) is 5.69. The molecule has 2 aliphatic carbocycles. The number of carbonyl (C=O) groups excluding carboxylic acids is 3. The molecule has 10 heteroatoms. The summed E-state index contributed by atoms with van der Waals surface area (Å²) in [4.78, 5) is 40.5. The summed E-state index contributed by atoms with van der Waals surface area (Å²) >= 11 is 0. The van der Waals surface area contributed by atoms with Crippen molar-refractivity contribution in [2.45, 2.75) is 44.9 Å². The Kier molecular flexibility index (Phi) is 7.67. The highest BCUT2D eigenvalue weighted by Crippen LogP contribution is 2.32. The third-order valence-electron chi connectivity index (χ3n) is 7.20. The third-order valence-corrected chi connectivity index (χ3v) is 7.20. The zero-order valence-electron chi connectivity index (χ0n) is 21.9. The molecule has 0 spiro atoms. The Morgan fingerprint density at radius 3 is 2.71 bits per heavy atom. The van der Waals surface area contributed by atoms with E-state index in [0.29, 0.717) is 48.2 Å². The van der Waals surface area contributed by atoms with Gasteiger partial charge in [0.05, 0.1) is 23.4 Å². The maximum atomic E-state index is 13.5. The first-order valence-corrected chi connectivity index (χ1v) is 13.3. The minimum Gasteiger partial charge on any atom is -0.484 e. The molecule has 38 heavy (non-hydrogen) atoms. The first-order chi connectivity index (χ1) is 18.4. The van der Waals surface area contributed by atoms with Gasteiger partial charge in [-0.3, -0.25) is 14.4 Å². The van der Waals surface area contributed by atoms with Crippen LogP contribution in [0.3, 0.4) is 0 Å². The van der Waals surface area contributed by atoms with Gasteiger partial charge in [-0.15, -0.1) is 0 Å². The molecule has 1 aromatic heterocycles. The maximum absolute atomic E-state index is 13.5. The number of aromatic nitrogens is 2. The molecule has 2 aromatic rings. The lowest BCUT2D eigenvalue weighted by atomic mass is 9.68. The van der Waals surface area contributed by atoms with Crippen LogP contribution in [0.1, 0.15) is 42.1 Å². The van der Waals surface area contributed by atoms with E-state index in [2.05, 4.69) is 23.0 Å². The van der Waals surface area contributed by atoms with Gasteiger partial charge in [0, 0.05) is 31.7 Å². The van der Waals surface area contributed by atoms with Crippen molar-refractivity contribution in [3.05, 3.63) is 59.3 Å². The van der Waals surface area contributed by atoms with E-state index in [0.717, 1.165) is 36.8 Å². The normalized spacial score (nSPS) is 19.1. The smallest absolute Gasteiger partial charge is 0.260 e. The number of ketones is 1. The zero-order valence-corrected chi connectivity index (χ0v) is 21.9. The molecule has 1 radical (unpaired) electrons. The fourth-order valence-corrected chi connectivity index (χ4v) is 4.81. The highest BCUT2D eigenvalue weighted by molar-refractivity contribution is 6.36. The second kappa shape index (κ2) is 11.3. The van der Waals surface area contributed by atoms with Gasteiger partial charge in [-0.2, -0.15) is 5.10 Å². The minimum absolute atomic E-state index is 0.0251. The van der Waals surface area contributed by atoms with Gasteiger partial charge in [0.1, 0.15) is 18.8 Å². The van der Waals surface area contributed by atoms with E-state index < -0.39 is 0 Å². The summed E-state index contributed by atoms with van der Waals surface area (Å²) in [6.07, 6.45) is 10.0. The van der Waals surface area contributed by atoms with E-state index in [-0.39, 0.29) is 30.1 Å². The largest absolute Gasteiger partial charge is 0.484 e. The summed E-state index contributed by atoms with van der Waals surface area (Å²) in [5, 5.41) is 10.7. The Morgan fingerprint density at radius 2 is 1.97 bits per heavy atom. The predicted octanol–water partition coefficient (Wildman–Crippen LogP) is 3.00. The molecule has 9 nitrogen and oxygen atoms in total. The molecular formula is C28H33BN5O4. The molecule has 1 aliphatic heterocycles. The summed E-state index contributed by atoms with van der Waals surface area (Å²) in [6.45, 7) is 3.35. The fraction of sp³-hybridized carbons (Fsp3) is 0.429. The zero-order chi connectivity index (χ0) is 26.6. The molecule has 2 fully saturated rings. The van der Waals surface area contributed by atoms with Crippen LogP contribution in [-0.2, 0) is 9.59 Å². The van der Waals surface area contributed by atoms with Crippen molar-refractivity contribution >= 4 is 36.4 Å². The lowest BCUT2D eigenvalue weighted by Crippen LogP contribution is -2.39. The first kappa shape index (κ1) is 25.8. The van der Waals surface area contributed by atoms with Gasteiger partial charge in [0.15, 0.2) is 12.4 Å². The number of nitrogens with zero attached hydrogens (tertiary/aromatic N) is 3. The lowest BCUT2D eigenvalue weighted by molar-refractivity contribution is -0.133. The second-order valence-electron chi connectivity index (χ2n) is 10.0. The van der Waals surface area contributed by atoms with Gasteiger partial charge in [0.2, 0.25) is 5.91 Å². The van der Waals surface area contributed by atoms with E-state index in [1.807, 2.05) is 19.1 Å². The van der Waals surface area contributed by atoms with Crippen LogP contribution in [0.4, 0.5) is 5.82 Å². The number of anilines is 1. The molecule has 5 rings (SSSR count). The molecule has 1 saturated heterocycles. The first-order valence-electron chi connectivity index (χ1n) is 13.3. The summed E-state index contributed by atoms with van der Waals surface area (Å²) in [6, 6.07) is 7.16. The summed E-state index contributed by atoms with van der Waals surface area (Å²) in [5.41, 5.74) is 2.61. The fourth-order valence-electron chi connectivity index (χ4n) is 4.81. The van der Waals surface area contributed by atoms with Crippen LogP contribution in [0.15, 0.2) is 48.2 Å². The minimum atomic E-state index is -0.276. The molecule has 3 aliphatic rings. The van der Waals surface area contributed by atoms with E-state index in [9.17, 15) is 14.4 Å².